The highest BCUT2D eigenvalue weighted by Crippen LogP contribution is 2.26. The van der Waals surface area contributed by atoms with Gasteiger partial charge in [-0.05, 0) is 13.8 Å². The molecule has 0 spiro atoms. The quantitative estimate of drug-likeness (QED) is 0.881. The van der Waals surface area contributed by atoms with Crippen molar-refractivity contribution in [3.63, 3.8) is 0 Å². The number of nitrogens with zero attached hydrogens (tertiary/aromatic N) is 2. The number of nitrogens with two attached hydrogens (primary N) is 1. The van der Waals surface area contributed by atoms with Gasteiger partial charge in [-0.3, -0.25) is 0 Å². The van der Waals surface area contributed by atoms with Gasteiger partial charge in [0, 0.05) is 28.2 Å². The van der Waals surface area contributed by atoms with Gasteiger partial charge in [-0.1, -0.05) is 20.8 Å². The maximum atomic E-state index is 5.82. The number of rotatable bonds is 3. The van der Waals surface area contributed by atoms with Gasteiger partial charge >= 0.3 is 0 Å². The fourth-order valence-electron chi connectivity index (χ4n) is 1.32. The van der Waals surface area contributed by atoms with Crippen LogP contribution in [0.5, 0.6) is 0 Å². The third kappa shape index (κ3) is 4.10. The molecule has 1 aromatic heterocycles. The predicted molar refractivity (Wildman–Crippen MR) is 70.4 cm³/mol. The van der Waals surface area contributed by atoms with Crippen LogP contribution in [-0.2, 0) is 5.75 Å². The van der Waals surface area contributed by atoms with E-state index in [0.717, 1.165) is 22.8 Å². The number of hydrogen-bond donors (Lipinski definition) is 1. The third-order valence-corrected chi connectivity index (χ3v) is 3.46. The summed E-state index contributed by atoms with van der Waals surface area (Å²) < 4.78 is 0.247. The van der Waals surface area contributed by atoms with Crippen LogP contribution in [0.2, 0.25) is 0 Å². The SMILES string of the molecule is Cc1nc(CSC(C)(C)C)ncc1[C@@H](C)N. The van der Waals surface area contributed by atoms with Crippen LogP contribution in [0.4, 0.5) is 0 Å². The average molecular weight is 239 g/mol. The van der Waals surface area contributed by atoms with Crippen molar-refractivity contribution >= 4 is 11.8 Å². The summed E-state index contributed by atoms with van der Waals surface area (Å²) >= 11 is 1.85. The lowest BCUT2D eigenvalue weighted by atomic mass is 10.1. The largest absolute Gasteiger partial charge is 0.324 e. The molecule has 0 fully saturated rings. The summed E-state index contributed by atoms with van der Waals surface area (Å²) in [7, 11) is 0. The monoisotopic (exact) mass is 239 g/mol. The second-order valence-corrected chi connectivity index (χ2v) is 6.82. The van der Waals surface area contributed by atoms with Crippen LogP contribution >= 0.6 is 11.8 Å². The molecule has 1 heterocycles. The summed E-state index contributed by atoms with van der Waals surface area (Å²) in [5, 5.41) is 0. The molecular weight excluding hydrogens is 218 g/mol. The Balaban J connectivity index is 2.74. The Morgan fingerprint density at radius 1 is 1.44 bits per heavy atom. The smallest absolute Gasteiger partial charge is 0.138 e. The Hall–Kier alpha value is -0.610. The molecule has 3 nitrogen and oxygen atoms in total. The van der Waals surface area contributed by atoms with Crippen molar-refractivity contribution in [2.24, 2.45) is 5.73 Å². The highest BCUT2D eigenvalue weighted by atomic mass is 32.2. The van der Waals surface area contributed by atoms with Crippen LogP contribution in [0.3, 0.4) is 0 Å². The lowest BCUT2D eigenvalue weighted by Gasteiger charge is -2.17. The zero-order valence-corrected chi connectivity index (χ0v) is 11.6. The molecule has 1 atom stereocenters. The third-order valence-electron chi connectivity index (χ3n) is 2.19. The molecular formula is C12H21N3S. The second kappa shape index (κ2) is 5.15. The molecule has 16 heavy (non-hydrogen) atoms. The number of thioether (sulfide) groups is 1. The average Bonchev–Trinajstić information content (AvgIpc) is 2.13. The van der Waals surface area contributed by atoms with Gasteiger partial charge in [0.25, 0.3) is 0 Å². The minimum atomic E-state index is 0.00400. The van der Waals surface area contributed by atoms with Crippen molar-refractivity contribution in [3.05, 3.63) is 23.3 Å². The molecule has 4 heteroatoms. The van der Waals surface area contributed by atoms with Crippen molar-refractivity contribution in [2.45, 2.75) is 51.2 Å². The molecule has 0 amide bonds. The normalized spacial score (nSPS) is 13.9. The Kier molecular flexibility index (Phi) is 4.33. The van der Waals surface area contributed by atoms with Crippen molar-refractivity contribution in [3.8, 4) is 0 Å². The van der Waals surface area contributed by atoms with E-state index in [1.807, 2.05) is 31.8 Å². The van der Waals surface area contributed by atoms with Crippen molar-refractivity contribution in [1.29, 1.82) is 0 Å². The van der Waals surface area contributed by atoms with E-state index in [2.05, 4.69) is 30.7 Å². The molecule has 1 rings (SSSR count). The first kappa shape index (κ1) is 13.5. The van der Waals surface area contributed by atoms with Gasteiger partial charge < -0.3 is 5.73 Å². The Morgan fingerprint density at radius 2 is 2.06 bits per heavy atom. The summed E-state index contributed by atoms with van der Waals surface area (Å²) in [5.41, 5.74) is 7.85. The van der Waals surface area contributed by atoms with Crippen LogP contribution < -0.4 is 5.73 Å². The van der Waals surface area contributed by atoms with Crippen LogP contribution in [0, 0.1) is 6.92 Å². The van der Waals surface area contributed by atoms with E-state index in [1.165, 1.54) is 0 Å². The molecule has 0 saturated carbocycles. The maximum absolute atomic E-state index is 5.82. The van der Waals surface area contributed by atoms with E-state index in [1.54, 1.807) is 0 Å². The van der Waals surface area contributed by atoms with E-state index < -0.39 is 0 Å². The number of aryl methyl sites for hydroxylation is 1. The minimum absolute atomic E-state index is 0.00400. The van der Waals surface area contributed by atoms with Gasteiger partial charge in [0.1, 0.15) is 5.82 Å². The lowest BCUT2D eigenvalue weighted by Crippen LogP contribution is -2.12. The molecule has 1 aromatic rings. The summed E-state index contributed by atoms with van der Waals surface area (Å²) in [4.78, 5) is 8.84. The summed E-state index contributed by atoms with van der Waals surface area (Å²) in [5.74, 6) is 1.74. The highest BCUT2D eigenvalue weighted by molar-refractivity contribution is 7.99. The molecule has 0 aromatic carbocycles. The second-order valence-electron chi connectivity index (χ2n) is 5.02. The molecule has 0 aliphatic heterocycles. The Bertz CT molecular complexity index is 356. The van der Waals surface area contributed by atoms with E-state index >= 15 is 0 Å². The van der Waals surface area contributed by atoms with E-state index in [0.29, 0.717) is 0 Å². The molecule has 0 radical (unpaired) electrons. The predicted octanol–water partition coefficient (Wildman–Crippen LogP) is 2.84. The van der Waals surface area contributed by atoms with Crippen LogP contribution in [0.15, 0.2) is 6.20 Å². The van der Waals surface area contributed by atoms with Gasteiger partial charge in [-0.2, -0.15) is 0 Å². The van der Waals surface area contributed by atoms with Crippen LogP contribution in [-0.4, -0.2) is 14.7 Å². The molecule has 0 aliphatic carbocycles. The minimum Gasteiger partial charge on any atom is -0.324 e. The summed E-state index contributed by atoms with van der Waals surface area (Å²) in [6.45, 7) is 10.5. The maximum Gasteiger partial charge on any atom is 0.138 e. The lowest BCUT2D eigenvalue weighted by molar-refractivity contribution is 0.777. The molecule has 2 N–H and O–H groups in total. The number of aromatic nitrogens is 2. The number of hydrogen-bond acceptors (Lipinski definition) is 4. The van der Waals surface area contributed by atoms with E-state index in [4.69, 9.17) is 5.73 Å². The highest BCUT2D eigenvalue weighted by Gasteiger charge is 2.13. The Morgan fingerprint density at radius 3 is 2.50 bits per heavy atom. The van der Waals surface area contributed by atoms with Crippen LogP contribution in [0.1, 0.15) is 50.8 Å². The molecule has 90 valence electrons. The van der Waals surface area contributed by atoms with Gasteiger partial charge in [-0.25, -0.2) is 9.97 Å². The fourth-order valence-corrected chi connectivity index (χ4v) is 2.02. The molecule has 0 unspecified atom stereocenters. The van der Waals surface area contributed by atoms with Gasteiger partial charge in [-0.15, -0.1) is 11.8 Å². The van der Waals surface area contributed by atoms with E-state index in [-0.39, 0.29) is 10.8 Å². The standard InChI is InChI=1S/C12H21N3S/c1-8(13)10-6-14-11(15-9(10)2)7-16-12(3,4)5/h6,8H,7,13H2,1-5H3/t8-/m1/s1. The zero-order chi connectivity index (χ0) is 12.3. The Labute approximate surface area is 102 Å². The molecule has 0 bridgehead atoms. The zero-order valence-electron chi connectivity index (χ0n) is 10.7. The van der Waals surface area contributed by atoms with Crippen LogP contribution in [0.25, 0.3) is 0 Å². The van der Waals surface area contributed by atoms with Crippen molar-refractivity contribution in [1.82, 2.24) is 9.97 Å². The van der Waals surface area contributed by atoms with E-state index in [9.17, 15) is 0 Å². The van der Waals surface area contributed by atoms with Crippen molar-refractivity contribution in [2.75, 3.05) is 0 Å². The fraction of sp³-hybridized carbons (Fsp3) is 0.667. The first-order valence-electron chi connectivity index (χ1n) is 5.51. The van der Waals surface area contributed by atoms with Crippen molar-refractivity contribution < 1.29 is 0 Å². The summed E-state index contributed by atoms with van der Waals surface area (Å²) in [6.07, 6.45) is 1.85. The topological polar surface area (TPSA) is 51.8 Å². The van der Waals surface area contributed by atoms with Gasteiger partial charge in [0.05, 0.1) is 5.75 Å². The van der Waals surface area contributed by atoms with Gasteiger partial charge in [0.15, 0.2) is 0 Å². The molecule has 0 saturated heterocycles. The summed E-state index contributed by atoms with van der Waals surface area (Å²) in [6, 6.07) is 0.00400. The first-order valence-corrected chi connectivity index (χ1v) is 6.50. The molecule has 0 aliphatic rings. The van der Waals surface area contributed by atoms with Gasteiger partial charge in [0.2, 0.25) is 0 Å². The first-order chi connectivity index (χ1) is 7.29.